The monoisotopic (exact) mass is 427 g/mol. The molecule has 5 nitrogen and oxygen atoms in total. The molecule has 0 radical (unpaired) electrons. The molecule has 0 saturated heterocycles. The van der Waals surface area contributed by atoms with Crippen LogP contribution in [-0.2, 0) is 21.2 Å². The van der Waals surface area contributed by atoms with Crippen molar-refractivity contribution in [1.82, 2.24) is 4.72 Å². The Balaban J connectivity index is 1.58. The summed E-state index contributed by atoms with van der Waals surface area (Å²) in [6.45, 7) is 1.77. The van der Waals surface area contributed by atoms with Crippen molar-refractivity contribution in [3.8, 4) is 0 Å². The van der Waals surface area contributed by atoms with Crippen molar-refractivity contribution in [2.45, 2.75) is 29.0 Å². The number of rotatable bonds is 7. The zero-order chi connectivity index (χ0) is 20.6. The fraction of sp³-hybridized carbons (Fsp3) is 0.227. The van der Waals surface area contributed by atoms with E-state index in [9.17, 15) is 18.3 Å². The first-order chi connectivity index (χ1) is 13.8. The van der Waals surface area contributed by atoms with Crippen LogP contribution in [-0.4, -0.2) is 25.0 Å². The summed E-state index contributed by atoms with van der Waals surface area (Å²) in [7, 11) is -3.96. The lowest BCUT2D eigenvalue weighted by molar-refractivity contribution is -0.140. The third-order valence-electron chi connectivity index (χ3n) is 5.54. The summed E-state index contributed by atoms with van der Waals surface area (Å²) in [5, 5.41) is 9.89. The molecule has 1 fully saturated rings. The molecule has 1 heterocycles. The fourth-order valence-electron chi connectivity index (χ4n) is 3.97. The summed E-state index contributed by atoms with van der Waals surface area (Å²) in [6, 6.07) is 22.3. The molecule has 1 aromatic heterocycles. The van der Waals surface area contributed by atoms with Gasteiger partial charge in [-0.05, 0) is 29.2 Å². The molecule has 4 rings (SSSR count). The maximum absolute atomic E-state index is 13.0. The first-order valence-electron chi connectivity index (χ1n) is 9.29. The molecule has 0 spiro atoms. The van der Waals surface area contributed by atoms with Crippen molar-refractivity contribution in [2.75, 3.05) is 0 Å². The topological polar surface area (TPSA) is 83.5 Å². The van der Waals surface area contributed by atoms with Gasteiger partial charge >= 0.3 is 5.97 Å². The van der Waals surface area contributed by atoms with Crippen LogP contribution in [0.4, 0.5) is 0 Å². The van der Waals surface area contributed by atoms with Gasteiger partial charge in [0.25, 0.3) is 10.0 Å². The molecule has 1 aliphatic rings. The first kappa shape index (κ1) is 19.8. The third kappa shape index (κ3) is 3.61. The summed E-state index contributed by atoms with van der Waals surface area (Å²) >= 11 is 1.17. The molecule has 1 aliphatic carbocycles. The van der Waals surface area contributed by atoms with Crippen molar-refractivity contribution < 1.29 is 18.3 Å². The highest BCUT2D eigenvalue weighted by Gasteiger charge is 2.70. The van der Waals surface area contributed by atoms with Crippen LogP contribution < -0.4 is 4.72 Å². The SMILES string of the molecule is CC1C(c2ccccc2)C1(NS(=O)(=O)c1ccc(Cc2ccccc2)s1)C(=O)O. The number of sulfonamides is 1. The van der Waals surface area contributed by atoms with Gasteiger partial charge in [-0.2, -0.15) is 4.72 Å². The van der Waals surface area contributed by atoms with Crippen molar-refractivity contribution in [3.63, 3.8) is 0 Å². The Labute approximate surface area is 174 Å². The predicted molar refractivity (Wildman–Crippen MR) is 113 cm³/mol. The van der Waals surface area contributed by atoms with Gasteiger partial charge in [-0.25, -0.2) is 8.42 Å². The van der Waals surface area contributed by atoms with Gasteiger partial charge in [0.15, 0.2) is 0 Å². The van der Waals surface area contributed by atoms with Crippen LogP contribution in [0.3, 0.4) is 0 Å². The molecule has 0 amide bonds. The molecule has 29 heavy (non-hydrogen) atoms. The van der Waals surface area contributed by atoms with Gasteiger partial charge in [-0.15, -0.1) is 11.3 Å². The van der Waals surface area contributed by atoms with Gasteiger partial charge in [0.1, 0.15) is 9.75 Å². The van der Waals surface area contributed by atoms with Crippen molar-refractivity contribution in [3.05, 3.63) is 88.8 Å². The molecule has 0 bridgehead atoms. The summed E-state index contributed by atoms with van der Waals surface area (Å²) in [5.41, 5.74) is 0.387. The summed E-state index contributed by atoms with van der Waals surface area (Å²) in [6.07, 6.45) is 0.633. The molecule has 7 heteroatoms. The Morgan fingerprint density at radius 2 is 1.66 bits per heavy atom. The second-order valence-electron chi connectivity index (χ2n) is 7.34. The Bertz CT molecular complexity index is 1130. The minimum absolute atomic E-state index is 0.134. The highest BCUT2D eigenvalue weighted by Crippen LogP contribution is 2.58. The second kappa shape index (κ2) is 7.40. The average Bonchev–Trinajstić information content (AvgIpc) is 3.04. The van der Waals surface area contributed by atoms with E-state index >= 15 is 0 Å². The van der Waals surface area contributed by atoms with E-state index in [1.807, 2.05) is 60.7 Å². The smallest absolute Gasteiger partial charge is 0.325 e. The molecule has 2 aromatic carbocycles. The van der Waals surface area contributed by atoms with Crippen molar-refractivity contribution in [1.29, 1.82) is 0 Å². The van der Waals surface area contributed by atoms with Crippen LogP contribution in [0.5, 0.6) is 0 Å². The summed E-state index contributed by atoms with van der Waals surface area (Å²) < 4.78 is 28.7. The van der Waals surface area contributed by atoms with E-state index in [4.69, 9.17) is 0 Å². The van der Waals surface area contributed by atoms with Gasteiger partial charge < -0.3 is 5.11 Å². The summed E-state index contributed by atoms with van der Waals surface area (Å²) in [5.74, 6) is -1.90. The Morgan fingerprint density at radius 1 is 1.03 bits per heavy atom. The fourth-order valence-corrected chi connectivity index (χ4v) is 6.82. The van der Waals surface area contributed by atoms with Crippen LogP contribution in [0.1, 0.15) is 28.8 Å². The number of carboxylic acid groups (broad SMARTS) is 1. The maximum Gasteiger partial charge on any atom is 0.325 e. The van der Waals surface area contributed by atoms with E-state index in [0.29, 0.717) is 6.42 Å². The molecule has 1 saturated carbocycles. The molecule has 3 unspecified atom stereocenters. The number of aliphatic carboxylic acids is 1. The van der Waals surface area contributed by atoms with E-state index in [2.05, 4.69) is 4.72 Å². The van der Waals surface area contributed by atoms with E-state index in [1.165, 1.54) is 11.3 Å². The lowest BCUT2D eigenvalue weighted by atomic mass is 10.1. The average molecular weight is 428 g/mol. The quantitative estimate of drug-likeness (QED) is 0.600. The Morgan fingerprint density at radius 3 is 2.28 bits per heavy atom. The van der Waals surface area contributed by atoms with Gasteiger partial charge in [-0.1, -0.05) is 67.6 Å². The van der Waals surface area contributed by atoms with Crippen LogP contribution in [0, 0.1) is 5.92 Å². The number of nitrogens with one attached hydrogen (secondary N) is 1. The van der Waals surface area contributed by atoms with Gasteiger partial charge in [0.05, 0.1) is 0 Å². The molecule has 3 atom stereocenters. The normalized spacial score (nSPS) is 23.6. The van der Waals surface area contributed by atoms with Crippen molar-refractivity contribution in [2.24, 2.45) is 5.92 Å². The zero-order valence-corrected chi connectivity index (χ0v) is 17.4. The molecular formula is C22H21NO4S2. The number of carbonyl (C=O) groups is 1. The van der Waals surface area contributed by atoms with Crippen molar-refractivity contribution >= 4 is 27.3 Å². The van der Waals surface area contributed by atoms with Crippen LogP contribution in [0.2, 0.25) is 0 Å². The Kier molecular flexibility index (Phi) is 5.06. The Hall–Kier alpha value is -2.48. The number of carboxylic acids is 1. The number of thiophene rings is 1. The van der Waals surface area contributed by atoms with Gasteiger partial charge in [-0.3, -0.25) is 4.79 Å². The zero-order valence-electron chi connectivity index (χ0n) is 15.8. The highest BCUT2D eigenvalue weighted by atomic mass is 32.2. The third-order valence-corrected chi connectivity index (χ3v) is 8.60. The number of benzene rings is 2. The minimum atomic E-state index is -3.96. The van der Waals surface area contributed by atoms with Crippen LogP contribution in [0.25, 0.3) is 0 Å². The van der Waals surface area contributed by atoms with Gasteiger partial charge in [0, 0.05) is 17.2 Å². The number of hydrogen-bond acceptors (Lipinski definition) is 4. The molecule has 3 aromatic rings. The standard InChI is InChI=1S/C22H21NO4S2/c1-15-20(17-10-6-3-7-11-17)22(15,21(24)25)23-29(26,27)19-13-12-18(28-19)14-16-8-4-2-5-9-16/h2-13,15,20,23H,14H2,1H3,(H,24,25). The van der Waals surface area contributed by atoms with Gasteiger partial charge in [0.2, 0.25) is 0 Å². The lowest BCUT2D eigenvalue weighted by Crippen LogP contribution is -2.45. The maximum atomic E-state index is 13.0. The van der Waals surface area contributed by atoms with E-state index in [1.54, 1.807) is 19.1 Å². The lowest BCUT2D eigenvalue weighted by Gasteiger charge is -2.15. The van der Waals surface area contributed by atoms with E-state index < -0.39 is 27.4 Å². The molecule has 0 aliphatic heterocycles. The molecule has 2 N–H and O–H groups in total. The van der Waals surface area contributed by atoms with Crippen LogP contribution in [0.15, 0.2) is 77.0 Å². The number of hydrogen-bond donors (Lipinski definition) is 2. The van der Waals surface area contributed by atoms with Crippen LogP contribution >= 0.6 is 11.3 Å². The largest absolute Gasteiger partial charge is 0.480 e. The molecular weight excluding hydrogens is 406 g/mol. The second-order valence-corrected chi connectivity index (χ2v) is 10.4. The highest BCUT2D eigenvalue weighted by molar-refractivity contribution is 7.91. The first-order valence-corrected chi connectivity index (χ1v) is 11.6. The predicted octanol–water partition coefficient (Wildman–Crippen LogP) is 3.87. The summed E-state index contributed by atoms with van der Waals surface area (Å²) in [4.78, 5) is 13.0. The minimum Gasteiger partial charge on any atom is -0.480 e. The van der Waals surface area contributed by atoms with E-state index in [-0.39, 0.29) is 10.1 Å². The molecule has 150 valence electrons. The van der Waals surface area contributed by atoms with E-state index in [0.717, 1.165) is 16.0 Å².